The molecule has 1 saturated heterocycles. The highest BCUT2D eigenvalue weighted by Gasteiger charge is 2.30. The molecule has 1 aromatic heterocycles. The maximum atomic E-state index is 13.0. The zero-order valence-electron chi connectivity index (χ0n) is 21.2. The number of benzene rings is 3. The summed E-state index contributed by atoms with van der Waals surface area (Å²) in [4.78, 5) is 22.5. The largest absolute Gasteiger partial charge is 0.369 e. The monoisotopic (exact) mass is 562 g/mol. The van der Waals surface area contributed by atoms with Crippen LogP contribution in [0, 0.1) is 0 Å². The molecule has 9 nitrogen and oxygen atoms in total. The Morgan fingerprint density at radius 3 is 2.21 bits per heavy atom. The summed E-state index contributed by atoms with van der Waals surface area (Å²) in [5.41, 5.74) is 4.21. The van der Waals surface area contributed by atoms with Gasteiger partial charge in [0.15, 0.2) is 0 Å². The van der Waals surface area contributed by atoms with Gasteiger partial charge in [-0.15, -0.1) is 0 Å². The van der Waals surface area contributed by atoms with E-state index in [2.05, 4.69) is 25.5 Å². The predicted octanol–water partition coefficient (Wildman–Crippen LogP) is 5.01. The van der Waals surface area contributed by atoms with Crippen LogP contribution < -0.4 is 15.5 Å². The molecule has 3 aromatic carbocycles. The first-order valence-electron chi connectivity index (χ1n) is 12.4. The number of anilines is 4. The molecule has 2 N–H and O–H groups in total. The number of sulfonamides is 1. The summed E-state index contributed by atoms with van der Waals surface area (Å²) in [5.74, 6) is 0.343. The molecule has 1 fully saturated rings. The van der Waals surface area contributed by atoms with Crippen LogP contribution in [-0.2, 0) is 14.8 Å². The Morgan fingerprint density at radius 1 is 0.872 bits per heavy atom. The van der Waals surface area contributed by atoms with Crippen molar-refractivity contribution in [1.29, 1.82) is 0 Å². The second-order valence-electron chi connectivity index (χ2n) is 9.02. The molecule has 0 radical (unpaired) electrons. The molecule has 2 heterocycles. The molecular weight excluding hydrogens is 536 g/mol. The van der Waals surface area contributed by atoms with E-state index < -0.39 is 10.0 Å². The molecule has 5 rings (SSSR count). The first-order valence-corrected chi connectivity index (χ1v) is 14.2. The van der Waals surface area contributed by atoms with Crippen LogP contribution in [-0.4, -0.2) is 54.8 Å². The van der Waals surface area contributed by atoms with Crippen LogP contribution in [0.3, 0.4) is 0 Å². The fraction of sp³-hybridized carbons (Fsp3) is 0.179. The average molecular weight is 563 g/mol. The zero-order valence-corrected chi connectivity index (χ0v) is 22.8. The van der Waals surface area contributed by atoms with Gasteiger partial charge >= 0.3 is 0 Å². The number of aromatic nitrogens is 2. The van der Waals surface area contributed by atoms with Crippen molar-refractivity contribution in [2.75, 3.05) is 41.7 Å². The van der Waals surface area contributed by atoms with Crippen molar-refractivity contribution in [2.24, 2.45) is 0 Å². The third-order valence-electron chi connectivity index (χ3n) is 6.34. The minimum absolute atomic E-state index is 0.120. The average Bonchev–Trinajstić information content (AvgIpc) is 2.94. The molecule has 39 heavy (non-hydrogen) atoms. The van der Waals surface area contributed by atoms with E-state index in [-0.39, 0.29) is 15.8 Å². The molecule has 0 aliphatic carbocycles. The van der Waals surface area contributed by atoms with Crippen molar-refractivity contribution >= 4 is 50.5 Å². The number of hydrogen-bond donors (Lipinski definition) is 2. The van der Waals surface area contributed by atoms with Crippen LogP contribution in [0.25, 0.3) is 11.3 Å². The lowest BCUT2D eigenvalue weighted by Gasteiger charge is -2.35. The summed E-state index contributed by atoms with van der Waals surface area (Å²) in [6.45, 7) is 3.36. The molecule has 0 spiro atoms. The summed E-state index contributed by atoms with van der Waals surface area (Å²) in [5, 5.41) is 6.22. The lowest BCUT2D eigenvalue weighted by atomic mass is 10.1. The lowest BCUT2D eigenvalue weighted by Crippen LogP contribution is -2.48. The van der Waals surface area contributed by atoms with E-state index >= 15 is 0 Å². The van der Waals surface area contributed by atoms with Gasteiger partial charge in [-0.25, -0.2) is 18.4 Å². The number of carbonyl (C=O) groups is 1. The Kier molecular flexibility index (Phi) is 7.78. The Labute approximate surface area is 232 Å². The summed E-state index contributed by atoms with van der Waals surface area (Å²) in [7, 11) is -3.64. The molecule has 0 saturated carbocycles. The van der Waals surface area contributed by atoms with E-state index in [0.717, 1.165) is 28.3 Å². The highest BCUT2D eigenvalue weighted by molar-refractivity contribution is 7.89. The Bertz CT molecular complexity index is 1570. The number of amides is 1. The van der Waals surface area contributed by atoms with Gasteiger partial charge in [-0.05, 0) is 54.6 Å². The van der Waals surface area contributed by atoms with E-state index in [4.69, 9.17) is 11.6 Å². The van der Waals surface area contributed by atoms with Crippen molar-refractivity contribution in [3.8, 4) is 11.3 Å². The van der Waals surface area contributed by atoms with Crippen molar-refractivity contribution in [3.63, 3.8) is 0 Å². The fourth-order valence-corrected chi connectivity index (χ4v) is 6.29. The van der Waals surface area contributed by atoms with E-state index in [0.29, 0.717) is 32.1 Å². The standard InChI is InChI=1S/C28H27ClN6O3S/c1-20(36)31-22-8-6-21(7-9-22)26-14-15-30-28(33-26)32-23-10-12-24(13-11-23)34-16-18-35(19-17-34)39(37,38)27-5-3-2-4-25(27)29/h2-15H,16-19H2,1H3,(H,31,36)(H,30,32,33). The number of carbonyl (C=O) groups excluding carboxylic acids is 1. The molecule has 0 bridgehead atoms. The van der Waals surface area contributed by atoms with Gasteiger partial charge in [0.25, 0.3) is 0 Å². The number of nitrogens with zero attached hydrogens (tertiary/aromatic N) is 4. The van der Waals surface area contributed by atoms with Crippen LogP contribution in [0.4, 0.5) is 23.0 Å². The van der Waals surface area contributed by atoms with Gasteiger partial charge in [0.1, 0.15) is 4.90 Å². The van der Waals surface area contributed by atoms with Gasteiger partial charge in [-0.1, -0.05) is 35.9 Å². The maximum absolute atomic E-state index is 13.0. The van der Waals surface area contributed by atoms with Crippen molar-refractivity contribution in [3.05, 3.63) is 90.1 Å². The fourth-order valence-electron chi connectivity index (χ4n) is 4.37. The van der Waals surface area contributed by atoms with Gasteiger partial charge < -0.3 is 15.5 Å². The van der Waals surface area contributed by atoms with Gasteiger partial charge in [0.2, 0.25) is 21.9 Å². The number of rotatable bonds is 7. The van der Waals surface area contributed by atoms with E-state index in [1.54, 1.807) is 30.5 Å². The number of nitrogens with one attached hydrogen (secondary N) is 2. The molecule has 0 atom stereocenters. The summed E-state index contributed by atoms with van der Waals surface area (Å²) < 4.78 is 27.5. The van der Waals surface area contributed by atoms with Crippen LogP contribution in [0.15, 0.2) is 90.0 Å². The maximum Gasteiger partial charge on any atom is 0.244 e. The van der Waals surface area contributed by atoms with Crippen LogP contribution in [0.2, 0.25) is 5.02 Å². The zero-order chi connectivity index (χ0) is 27.4. The third-order valence-corrected chi connectivity index (χ3v) is 8.74. The second kappa shape index (κ2) is 11.4. The van der Waals surface area contributed by atoms with E-state index in [1.165, 1.54) is 11.2 Å². The minimum Gasteiger partial charge on any atom is -0.369 e. The molecule has 1 aliphatic rings. The Balaban J connectivity index is 1.21. The van der Waals surface area contributed by atoms with E-state index in [1.807, 2.05) is 54.6 Å². The molecule has 1 amide bonds. The Morgan fingerprint density at radius 2 is 1.54 bits per heavy atom. The second-order valence-corrected chi connectivity index (χ2v) is 11.3. The van der Waals surface area contributed by atoms with Crippen molar-refractivity contribution in [2.45, 2.75) is 11.8 Å². The predicted molar refractivity (Wildman–Crippen MR) is 154 cm³/mol. The first-order chi connectivity index (χ1) is 18.8. The van der Waals surface area contributed by atoms with Crippen LogP contribution in [0.1, 0.15) is 6.92 Å². The smallest absolute Gasteiger partial charge is 0.244 e. The topological polar surface area (TPSA) is 108 Å². The molecule has 1 aliphatic heterocycles. The van der Waals surface area contributed by atoms with Crippen LogP contribution >= 0.6 is 11.6 Å². The van der Waals surface area contributed by atoms with Crippen molar-refractivity contribution < 1.29 is 13.2 Å². The van der Waals surface area contributed by atoms with Gasteiger partial charge in [-0.3, -0.25) is 4.79 Å². The number of piperazine rings is 1. The lowest BCUT2D eigenvalue weighted by molar-refractivity contribution is -0.114. The van der Waals surface area contributed by atoms with Gasteiger partial charge in [0, 0.05) is 61.9 Å². The molecule has 11 heteroatoms. The normalized spacial score (nSPS) is 14.2. The van der Waals surface area contributed by atoms with Crippen molar-refractivity contribution in [1.82, 2.24) is 14.3 Å². The minimum atomic E-state index is -3.64. The summed E-state index contributed by atoms with van der Waals surface area (Å²) in [6, 6.07) is 23.7. The number of halogens is 1. The van der Waals surface area contributed by atoms with Gasteiger partial charge in [-0.2, -0.15) is 4.31 Å². The molecule has 4 aromatic rings. The summed E-state index contributed by atoms with van der Waals surface area (Å²) in [6.07, 6.45) is 1.69. The Hall–Kier alpha value is -3.99. The summed E-state index contributed by atoms with van der Waals surface area (Å²) >= 11 is 6.14. The van der Waals surface area contributed by atoms with E-state index in [9.17, 15) is 13.2 Å². The number of hydrogen-bond acceptors (Lipinski definition) is 7. The third kappa shape index (κ3) is 6.19. The first kappa shape index (κ1) is 26.6. The molecule has 200 valence electrons. The highest BCUT2D eigenvalue weighted by Crippen LogP contribution is 2.27. The van der Waals surface area contributed by atoms with Crippen LogP contribution in [0.5, 0.6) is 0 Å². The SMILES string of the molecule is CC(=O)Nc1ccc(-c2ccnc(Nc3ccc(N4CCN(S(=O)(=O)c5ccccc5Cl)CC4)cc3)n2)cc1. The molecule has 0 unspecified atom stereocenters. The highest BCUT2D eigenvalue weighted by atomic mass is 35.5. The molecular formula is C28H27ClN6O3S. The van der Waals surface area contributed by atoms with Gasteiger partial charge in [0.05, 0.1) is 10.7 Å². The quantitative estimate of drug-likeness (QED) is 0.326.